The van der Waals surface area contributed by atoms with E-state index in [1.165, 1.54) is 12.8 Å². The summed E-state index contributed by atoms with van der Waals surface area (Å²) in [6, 6.07) is 0.756. The van der Waals surface area contributed by atoms with Crippen molar-refractivity contribution in [3.05, 3.63) is 23.2 Å². The Morgan fingerprint density at radius 2 is 2.21 bits per heavy atom. The average Bonchev–Trinajstić information content (AvgIpc) is 3.18. The van der Waals surface area contributed by atoms with Crippen LogP contribution in [0.1, 0.15) is 18.7 Å². The highest BCUT2D eigenvalue weighted by molar-refractivity contribution is 6.34. The molecule has 102 valence electrons. The number of rotatable bonds is 5. The fourth-order valence-electron chi connectivity index (χ4n) is 2.39. The molecule has 0 spiro atoms. The van der Waals surface area contributed by atoms with Crippen LogP contribution in [-0.4, -0.2) is 39.1 Å². The summed E-state index contributed by atoms with van der Waals surface area (Å²) in [5, 5.41) is 0.635. The van der Waals surface area contributed by atoms with E-state index in [0.717, 1.165) is 36.0 Å². The summed E-state index contributed by atoms with van der Waals surface area (Å²) in [7, 11) is 2.17. The number of aromatic nitrogens is 3. The van der Waals surface area contributed by atoms with Gasteiger partial charge in [-0.3, -0.25) is 4.98 Å². The van der Waals surface area contributed by atoms with Crippen molar-refractivity contribution in [2.75, 3.05) is 13.6 Å². The van der Waals surface area contributed by atoms with Crippen molar-refractivity contribution in [3.63, 3.8) is 0 Å². The number of halogens is 2. The smallest absolute Gasteiger partial charge is 0.124 e. The van der Waals surface area contributed by atoms with Crippen LogP contribution in [0.25, 0.3) is 11.0 Å². The summed E-state index contributed by atoms with van der Waals surface area (Å²) in [5.74, 6) is 1.24. The molecular weight excluding hydrogens is 283 g/mol. The van der Waals surface area contributed by atoms with Crippen LogP contribution in [0.2, 0.25) is 5.02 Å². The molecule has 0 amide bonds. The van der Waals surface area contributed by atoms with E-state index < -0.39 is 0 Å². The third kappa shape index (κ3) is 2.57. The molecule has 4 nitrogen and oxygen atoms in total. The SMILES string of the molecule is CN(CCn1c(CCl)nc2cncc(Cl)c21)C1CC1. The highest BCUT2D eigenvalue weighted by atomic mass is 35.5. The van der Waals surface area contributed by atoms with Crippen molar-refractivity contribution in [2.45, 2.75) is 31.3 Å². The fraction of sp³-hybridized carbons (Fsp3) is 0.538. The van der Waals surface area contributed by atoms with Crippen LogP contribution in [0, 0.1) is 0 Å². The van der Waals surface area contributed by atoms with Crippen LogP contribution in [0.15, 0.2) is 12.4 Å². The maximum Gasteiger partial charge on any atom is 0.124 e. The first-order valence-corrected chi connectivity index (χ1v) is 7.36. The Hall–Kier alpha value is -0.840. The summed E-state index contributed by atoms with van der Waals surface area (Å²) < 4.78 is 2.12. The maximum atomic E-state index is 6.24. The molecule has 3 rings (SSSR count). The van der Waals surface area contributed by atoms with Gasteiger partial charge in [-0.1, -0.05) is 11.6 Å². The molecule has 0 unspecified atom stereocenters. The molecule has 1 aliphatic carbocycles. The first kappa shape index (κ1) is 13.2. The molecule has 0 N–H and O–H groups in total. The number of alkyl halides is 1. The molecule has 2 aromatic heterocycles. The summed E-state index contributed by atoms with van der Waals surface area (Å²) in [6.07, 6.45) is 6.02. The lowest BCUT2D eigenvalue weighted by molar-refractivity contribution is 0.309. The van der Waals surface area contributed by atoms with Gasteiger partial charge in [0.2, 0.25) is 0 Å². The molecular formula is C13H16Cl2N4. The molecule has 0 radical (unpaired) electrons. The second kappa shape index (κ2) is 5.27. The van der Waals surface area contributed by atoms with Gasteiger partial charge in [-0.25, -0.2) is 4.98 Å². The number of imidazole rings is 1. The van der Waals surface area contributed by atoms with Crippen LogP contribution in [-0.2, 0) is 12.4 Å². The Morgan fingerprint density at radius 1 is 1.42 bits per heavy atom. The second-order valence-corrected chi connectivity index (χ2v) is 5.69. The minimum Gasteiger partial charge on any atom is -0.324 e. The highest BCUT2D eigenvalue weighted by Crippen LogP contribution is 2.27. The first-order valence-electron chi connectivity index (χ1n) is 6.45. The number of hydrogen-bond acceptors (Lipinski definition) is 3. The molecule has 0 saturated heterocycles. The predicted octanol–water partition coefficient (Wildman–Crippen LogP) is 2.92. The molecule has 0 aromatic carbocycles. The third-order valence-corrected chi connectivity index (χ3v) is 4.17. The van der Waals surface area contributed by atoms with Gasteiger partial charge in [-0.05, 0) is 19.9 Å². The van der Waals surface area contributed by atoms with Gasteiger partial charge < -0.3 is 9.47 Å². The minimum absolute atomic E-state index is 0.387. The van der Waals surface area contributed by atoms with Gasteiger partial charge in [0.05, 0.1) is 22.6 Å². The van der Waals surface area contributed by atoms with E-state index in [9.17, 15) is 0 Å². The zero-order valence-electron chi connectivity index (χ0n) is 10.8. The van der Waals surface area contributed by atoms with Gasteiger partial charge in [-0.2, -0.15) is 0 Å². The molecule has 2 aromatic rings. The molecule has 1 saturated carbocycles. The largest absolute Gasteiger partial charge is 0.324 e. The standard InChI is InChI=1S/C13H16Cl2N4/c1-18(9-2-3-9)4-5-19-12(6-14)17-11-8-16-7-10(15)13(11)19/h7-9H,2-6H2,1H3. The van der Waals surface area contributed by atoms with E-state index in [1.54, 1.807) is 12.4 Å². The lowest BCUT2D eigenvalue weighted by Crippen LogP contribution is -2.25. The molecule has 0 aliphatic heterocycles. The van der Waals surface area contributed by atoms with Gasteiger partial charge in [0.25, 0.3) is 0 Å². The topological polar surface area (TPSA) is 34.0 Å². The zero-order valence-corrected chi connectivity index (χ0v) is 12.3. The number of nitrogens with zero attached hydrogens (tertiary/aromatic N) is 4. The van der Waals surface area contributed by atoms with Crippen LogP contribution >= 0.6 is 23.2 Å². The fourth-order valence-corrected chi connectivity index (χ4v) is 2.85. The lowest BCUT2D eigenvalue weighted by atomic mass is 10.4. The third-order valence-electron chi connectivity index (χ3n) is 3.65. The second-order valence-electron chi connectivity index (χ2n) is 5.01. The maximum absolute atomic E-state index is 6.24. The van der Waals surface area contributed by atoms with Gasteiger partial charge in [-0.15, -0.1) is 11.6 Å². The first-order chi connectivity index (χ1) is 9.20. The summed E-state index contributed by atoms with van der Waals surface area (Å²) in [5.41, 5.74) is 1.76. The monoisotopic (exact) mass is 298 g/mol. The lowest BCUT2D eigenvalue weighted by Gasteiger charge is -2.17. The van der Waals surface area contributed by atoms with Crippen molar-refractivity contribution in [1.29, 1.82) is 0 Å². The molecule has 0 atom stereocenters. The van der Waals surface area contributed by atoms with E-state index >= 15 is 0 Å². The van der Waals surface area contributed by atoms with Crippen LogP contribution in [0.5, 0.6) is 0 Å². The Morgan fingerprint density at radius 3 is 2.89 bits per heavy atom. The van der Waals surface area contributed by atoms with Crippen LogP contribution < -0.4 is 0 Å². The van der Waals surface area contributed by atoms with Gasteiger partial charge in [0.15, 0.2) is 0 Å². The van der Waals surface area contributed by atoms with E-state index in [0.29, 0.717) is 10.9 Å². The molecule has 6 heteroatoms. The minimum atomic E-state index is 0.387. The van der Waals surface area contributed by atoms with Gasteiger partial charge in [0.1, 0.15) is 11.3 Å². The quantitative estimate of drug-likeness (QED) is 0.796. The van der Waals surface area contributed by atoms with Crippen LogP contribution in [0.4, 0.5) is 0 Å². The van der Waals surface area contributed by atoms with Crippen molar-refractivity contribution < 1.29 is 0 Å². The van der Waals surface area contributed by atoms with E-state index in [-0.39, 0.29) is 0 Å². The average molecular weight is 299 g/mol. The van der Waals surface area contributed by atoms with Crippen molar-refractivity contribution in [3.8, 4) is 0 Å². The molecule has 1 aliphatic rings. The van der Waals surface area contributed by atoms with E-state index in [1.807, 2.05) is 0 Å². The summed E-state index contributed by atoms with van der Waals surface area (Å²) >= 11 is 12.2. The highest BCUT2D eigenvalue weighted by Gasteiger charge is 2.26. The van der Waals surface area contributed by atoms with Crippen molar-refractivity contribution in [2.24, 2.45) is 0 Å². The van der Waals surface area contributed by atoms with E-state index in [2.05, 4.69) is 26.5 Å². The molecule has 1 fully saturated rings. The predicted molar refractivity (Wildman–Crippen MR) is 77.7 cm³/mol. The Bertz CT molecular complexity index is 592. The van der Waals surface area contributed by atoms with Crippen LogP contribution in [0.3, 0.4) is 0 Å². The van der Waals surface area contributed by atoms with Crippen molar-refractivity contribution in [1.82, 2.24) is 19.4 Å². The Kier molecular flexibility index (Phi) is 3.65. The summed E-state index contributed by atoms with van der Waals surface area (Å²) in [6.45, 7) is 1.84. The number of hydrogen-bond donors (Lipinski definition) is 0. The number of pyridine rings is 1. The Balaban J connectivity index is 1.91. The molecule has 19 heavy (non-hydrogen) atoms. The van der Waals surface area contributed by atoms with Gasteiger partial charge in [0, 0.05) is 25.3 Å². The number of fused-ring (bicyclic) bond motifs is 1. The normalized spacial score (nSPS) is 15.6. The zero-order chi connectivity index (χ0) is 13.4. The molecule has 0 bridgehead atoms. The van der Waals surface area contributed by atoms with Gasteiger partial charge >= 0.3 is 0 Å². The van der Waals surface area contributed by atoms with E-state index in [4.69, 9.17) is 23.2 Å². The van der Waals surface area contributed by atoms with Crippen molar-refractivity contribution >= 4 is 34.2 Å². The number of likely N-dealkylation sites (N-methyl/N-ethyl adjacent to an activating group) is 1. The Labute approximate surface area is 122 Å². The summed E-state index contributed by atoms with van der Waals surface area (Å²) in [4.78, 5) is 11.0. The molecule has 2 heterocycles.